The van der Waals surface area contributed by atoms with Crippen molar-refractivity contribution in [3.8, 4) is 0 Å². The van der Waals surface area contributed by atoms with Gasteiger partial charge in [0.25, 0.3) is 0 Å². The first kappa shape index (κ1) is 12.0. The molecule has 1 heterocycles. The van der Waals surface area contributed by atoms with E-state index in [1.807, 2.05) is 11.6 Å². The van der Waals surface area contributed by atoms with Crippen LogP contribution in [0.25, 0.3) is 0 Å². The van der Waals surface area contributed by atoms with Gasteiger partial charge in [0.1, 0.15) is 0 Å². The lowest BCUT2D eigenvalue weighted by atomic mass is 10.1. The Kier molecular flexibility index (Phi) is 3.56. The van der Waals surface area contributed by atoms with Gasteiger partial charge in [-0.15, -0.1) is 0 Å². The molecule has 1 aliphatic carbocycles. The Morgan fingerprint density at radius 2 is 2.19 bits per heavy atom. The lowest BCUT2D eigenvalue weighted by Crippen LogP contribution is -2.27. The second kappa shape index (κ2) is 4.77. The van der Waals surface area contributed by atoms with Crippen LogP contribution in [-0.4, -0.2) is 31.1 Å². The number of imidazole rings is 1. The molecule has 0 amide bonds. The number of aliphatic hydroxyl groups is 2. The van der Waals surface area contributed by atoms with Crippen LogP contribution in [0.1, 0.15) is 31.4 Å². The molecule has 1 saturated carbocycles. The SMILES string of the molecule is Cn1c(CO)cnc1SCC1(O)CCCC1. The molecular weight excluding hydrogens is 224 g/mol. The molecule has 0 spiro atoms. The number of aromatic nitrogens is 2. The fourth-order valence-electron chi connectivity index (χ4n) is 2.08. The van der Waals surface area contributed by atoms with Crippen molar-refractivity contribution in [2.24, 2.45) is 7.05 Å². The molecule has 1 aliphatic rings. The smallest absolute Gasteiger partial charge is 0.168 e. The van der Waals surface area contributed by atoms with Gasteiger partial charge in [-0.2, -0.15) is 0 Å². The van der Waals surface area contributed by atoms with Crippen molar-refractivity contribution < 1.29 is 10.2 Å². The normalized spacial score (nSPS) is 19.2. The van der Waals surface area contributed by atoms with Gasteiger partial charge in [-0.1, -0.05) is 24.6 Å². The van der Waals surface area contributed by atoms with Crippen molar-refractivity contribution in [2.75, 3.05) is 5.75 Å². The van der Waals surface area contributed by atoms with Gasteiger partial charge >= 0.3 is 0 Å². The van der Waals surface area contributed by atoms with Crippen LogP contribution in [-0.2, 0) is 13.7 Å². The molecule has 90 valence electrons. The van der Waals surface area contributed by atoms with E-state index in [0.717, 1.165) is 36.5 Å². The van der Waals surface area contributed by atoms with Gasteiger partial charge in [0.05, 0.1) is 24.1 Å². The summed E-state index contributed by atoms with van der Waals surface area (Å²) < 4.78 is 1.88. The summed E-state index contributed by atoms with van der Waals surface area (Å²) in [6.45, 7) is 0.00826. The predicted octanol–water partition coefficient (Wildman–Crippen LogP) is 1.31. The summed E-state index contributed by atoms with van der Waals surface area (Å²) in [5.74, 6) is 0.697. The minimum absolute atomic E-state index is 0.00826. The summed E-state index contributed by atoms with van der Waals surface area (Å²) >= 11 is 1.57. The largest absolute Gasteiger partial charge is 0.390 e. The standard InChI is InChI=1S/C11H18N2O2S/c1-13-9(7-14)6-12-10(13)16-8-11(15)4-2-3-5-11/h6,14-15H,2-5,7-8H2,1H3. The number of aliphatic hydroxyl groups excluding tert-OH is 1. The molecule has 0 aliphatic heterocycles. The van der Waals surface area contributed by atoms with E-state index in [9.17, 15) is 5.11 Å². The minimum Gasteiger partial charge on any atom is -0.390 e. The minimum atomic E-state index is -0.504. The van der Waals surface area contributed by atoms with Crippen LogP contribution in [0.15, 0.2) is 11.4 Å². The van der Waals surface area contributed by atoms with Gasteiger partial charge in [0.2, 0.25) is 0 Å². The molecule has 5 heteroatoms. The van der Waals surface area contributed by atoms with Gasteiger partial charge in [0, 0.05) is 12.8 Å². The van der Waals surface area contributed by atoms with Crippen LogP contribution in [0.5, 0.6) is 0 Å². The summed E-state index contributed by atoms with van der Waals surface area (Å²) in [4.78, 5) is 4.23. The summed E-state index contributed by atoms with van der Waals surface area (Å²) in [5, 5.41) is 20.1. The topological polar surface area (TPSA) is 58.3 Å². The lowest BCUT2D eigenvalue weighted by Gasteiger charge is -2.20. The average Bonchev–Trinajstić information content (AvgIpc) is 2.84. The van der Waals surface area contributed by atoms with Crippen LogP contribution in [0.3, 0.4) is 0 Å². The molecule has 16 heavy (non-hydrogen) atoms. The first-order chi connectivity index (χ1) is 7.64. The van der Waals surface area contributed by atoms with Gasteiger partial charge in [-0.25, -0.2) is 4.98 Å². The summed E-state index contributed by atoms with van der Waals surface area (Å²) in [7, 11) is 1.89. The molecule has 2 rings (SSSR count). The Labute approximate surface area is 99.7 Å². The molecule has 0 unspecified atom stereocenters. The second-order valence-corrected chi connectivity index (χ2v) is 5.41. The maximum Gasteiger partial charge on any atom is 0.168 e. The molecule has 0 atom stereocenters. The third-order valence-corrected chi connectivity index (χ3v) is 4.53. The maximum absolute atomic E-state index is 10.2. The van der Waals surface area contributed by atoms with E-state index in [4.69, 9.17) is 5.11 Å². The first-order valence-corrected chi connectivity index (χ1v) is 6.60. The van der Waals surface area contributed by atoms with E-state index in [-0.39, 0.29) is 6.61 Å². The van der Waals surface area contributed by atoms with Crippen LogP contribution < -0.4 is 0 Å². The Balaban J connectivity index is 1.96. The molecule has 0 aromatic carbocycles. The molecule has 2 N–H and O–H groups in total. The Bertz CT molecular complexity index is 359. The number of nitrogens with zero attached hydrogens (tertiary/aromatic N) is 2. The van der Waals surface area contributed by atoms with Gasteiger partial charge < -0.3 is 14.8 Å². The molecule has 0 saturated heterocycles. The molecule has 4 nitrogen and oxygen atoms in total. The predicted molar refractivity (Wildman–Crippen MR) is 63.3 cm³/mol. The molecular formula is C11H18N2O2S. The summed E-state index contributed by atoms with van der Waals surface area (Å²) in [5.41, 5.74) is 0.302. The molecule has 1 fully saturated rings. The van der Waals surface area contributed by atoms with E-state index in [2.05, 4.69) is 4.98 Å². The second-order valence-electron chi connectivity index (χ2n) is 4.47. The van der Waals surface area contributed by atoms with Crippen LogP contribution in [0, 0.1) is 0 Å². The van der Waals surface area contributed by atoms with Gasteiger partial charge in [-0.05, 0) is 12.8 Å². The first-order valence-electron chi connectivity index (χ1n) is 5.61. The lowest BCUT2D eigenvalue weighted by molar-refractivity contribution is 0.0732. The number of hydrogen-bond acceptors (Lipinski definition) is 4. The van der Waals surface area contributed by atoms with Crippen molar-refractivity contribution in [1.82, 2.24) is 9.55 Å². The Hall–Kier alpha value is -0.520. The van der Waals surface area contributed by atoms with Gasteiger partial charge in [-0.3, -0.25) is 0 Å². The van der Waals surface area contributed by atoms with Crippen LogP contribution in [0.4, 0.5) is 0 Å². The number of rotatable bonds is 4. The summed E-state index contributed by atoms with van der Waals surface area (Å²) in [6.07, 6.45) is 5.73. The van der Waals surface area contributed by atoms with Crippen molar-refractivity contribution in [3.05, 3.63) is 11.9 Å². The quantitative estimate of drug-likeness (QED) is 0.782. The number of hydrogen-bond donors (Lipinski definition) is 2. The van der Waals surface area contributed by atoms with Crippen LogP contribution >= 0.6 is 11.8 Å². The molecule has 1 aromatic rings. The van der Waals surface area contributed by atoms with Crippen LogP contribution in [0.2, 0.25) is 0 Å². The highest BCUT2D eigenvalue weighted by Gasteiger charge is 2.31. The highest BCUT2D eigenvalue weighted by molar-refractivity contribution is 7.99. The van der Waals surface area contributed by atoms with E-state index < -0.39 is 5.60 Å². The van der Waals surface area contributed by atoms with E-state index in [1.54, 1.807) is 18.0 Å². The number of thioether (sulfide) groups is 1. The maximum atomic E-state index is 10.2. The molecule has 0 bridgehead atoms. The molecule has 1 aromatic heterocycles. The zero-order valence-electron chi connectivity index (χ0n) is 9.52. The Morgan fingerprint density at radius 1 is 1.50 bits per heavy atom. The average molecular weight is 242 g/mol. The van der Waals surface area contributed by atoms with Crippen molar-refractivity contribution in [1.29, 1.82) is 0 Å². The monoisotopic (exact) mass is 242 g/mol. The highest BCUT2D eigenvalue weighted by Crippen LogP contribution is 2.34. The zero-order chi connectivity index (χ0) is 11.6. The fraction of sp³-hybridized carbons (Fsp3) is 0.727. The van der Waals surface area contributed by atoms with E-state index in [0.29, 0.717) is 5.75 Å². The Morgan fingerprint density at radius 3 is 2.75 bits per heavy atom. The van der Waals surface area contributed by atoms with Crippen molar-refractivity contribution >= 4 is 11.8 Å². The van der Waals surface area contributed by atoms with Crippen molar-refractivity contribution in [2.45, 2.75) is 43.0 Å². The third-order valence-electron chi connectivity index (χ3n) is 3.21. The molecule has 0 radical (unpaired) electrons. The zero-order valence-corrected chi connectivity index (χ0v) is 10.3. The highest BCUT2D eigenvalue weighted by atomic mass is 32.2. The third kappa shape index (κ3) is 2.42. The van der Waals surface area contributed by atoms with Gasteiger partial charge in [0.15, 0.2) is 5.16 Å². The fourth-order valence-corrected chi connectivity index (χ4v) is 3.21. The van der Waals surface area contributed by atoms with E-state index in [1.165, 1.54) is 0 Å². The summed E-state index contributed by atoms with van der Waals surface area (Å²) in [6, 6.07) is 0. The van der Waals surface area contributed by atoms with Crippen molar-refractivity contribution in [3.63, 3.8) is 0 Å². The van der Waals surface area contributed by atoms with E-state index >= 15 is 0 Å².